The van der Waals surface area contributed by atoms with Crippen molar-refractivity contribution in [2.75, 3.05) is 18.6 Å². The van der Waals surface area contributed by atoms with Gasteiger partial charge < -0.3 is 9.53 Å². The maximum Gasteiger partial charge on any atom is 0.417 e. The number of ether oxygens (including phenoxy) is 1. The molecule has 170 valence electrons. The van der Waals surface area contributed by atoms with E-state index >= 15 is 0 Å². The average Bonchev–Trinajstić information content (AvgIpc) is 3.13. The number of rotatable bonds is 7. The van der Waals surface area contributed by atoms with E-state index in [0.717, 1.165) is 17.2 Å². The molecule has 0 saturated carbocycles. The molecule has 0 bridgehead atoms. The van der Waals surface area contributed by atoms with E-state index in [1.807, 2.05) is 5.48 Å². The number of carbonyl (C=O) groups is 2. The third kappa shape index (κ3) is 4.79. The van der Waals surface area contributed by atoms with Crippen LogP contribution in [0.15, 0.2) is 30.7 Å². The fourth-order valence-electron chi connectivity index (χ4n) is 2.83. The van der Waals surface area contributed by atoms with E-state index in [1.54, 1.807) is 6.92 Å². The number of hydroxylamine groups is 1. The zero-order chi connectivity index (χ0) is 23.5. The maximum absolute atomic E-state index is 13.3. The summed E-state index contributed by atoms with van der Waals surface area (Å²) in [5.74, 6) is 0. The van der Waals surface area contributed by atoms with Crippen LogP contribution in [0.2, 0.25) is 5.15 Å². The number of fused-ring (bicyclic) bond motifs is 1. The molecule has 10 nitrogen and oxygen atoms in total. The van der Waals surface area contributed by atoms with Crippen molar-refractivity contribution in [3.63, 3.8) is 0 Å². The van der Waals surface area contributed by atoms with E-state index in [9.17, 15) is 22.8 Å². The summed E-state index contributed by atoms with van der Waals surface area (Å²) in [6.07, 6.45) is -2.10. The van der Waals surface area contributed by atoms with Gasteiger partial charge in [-0.1, -0.05) is 11.6 Å². The first-order valence-electron chi connectivity index (χ1n) is 8.92. The first-order valence-corrected chi connectivity index (χ1v) is 9.30. The maximum atomic E-state index is 13.3. The molecule has 14 heteroatoms. The molecule has 1 N–H and O–H groups in total. The molecule has 3 heterocycles. The number of hydrogen-bond donors (Lipinski definition) is 1. The molecule has 3 rings (SSSR count). The Labute approximate surface area is 183 Å². The Kier molecular flexibility index (Phi) is 6.91. The van der Waals surface area contributed by atoms with Gasteiger partial charge in [0.1, 0.15) is 12.9 Å². The van der Waals surface area contributed by atoms with Crippen LogP contribution in [0.3, 0.4) is 0 Å². The van der Waals surface area contributed by atoms with Gasteiger partial charge in [-0.3, -0.25) is 14.7 Å². The Hall–Kier alpha value is -3.29. The van der Waals surface area contributed by atoms with Crippen LogP contribution in [0.5, 0.6) is 0 Å². The lowest BCUT2D eigenvalue weighted by Gasteiger charge is -2.26. The van der Waals surface area contributed by atoms with Crippen molar-refractivity contribution in [2.45, 2.75) is 19.2 Å². The Morgan fingerprint density at radius 3 is 2.75 bits per heavy atom. The summed E-state index contributed by atoms with van der Waals surface area (Å²) in [6, 6.07) is 1.17. The highest BCUT2D eigenvalue weighted by Crippen LogP contribution is 2.36. The summed E-state index contributed by atoms with van der Waals surface area (Å²) in [4.78, 5) is 36.8. The zero-order valence-electron chi connectivity index (χ0n) is 16.6. The van der Waals surface area contributed by atoms with Crippen molar-refractivity contribution in [3.8, 4) is 0 Å². The van der Waals surface area contributed by atoms with Crippen LogP contribution < -0.4 is 10.4 Å². The molecule has 0 aliphatic carbocycles. The van der Waals surface area contributed by atoms with E-state index in [1.165, 1.54) is 23.9 Å². The van der Waals surface area contributed by atoms with Gasteiger partial charge in [0.05, 0.1) is 41.1 Å². The highest BCUT2D eigenvalue weighted by molar-refractivity contribution is 6.29. The number of alkyl halides is 3. The number of urea groups is 1. The second-order valence-electron chi connectivity index (χ2n) is 6.29. The standard InChI is InChI=1S/C18H16ClF3N6O4/c1-10(31-2)16-13(9-24-15-6-14(19)25-28(15)16)27(17(30)26-32-4-3-29)12-5-11(7-23-8-12)18(20,21)22/h3,5-10H,4H2,1-2H3,(H,26,30). The summed E-state index contributed by atoms with van der Waals surface area (Å²) < 4.78 is 46.5. The topological polar surface area (TPSA) is 111 Å². The number of methoxy groups -OCH3 is 1. The highest BCUT2D eigenvalue weighted by atomic mass is 35.5. The van der Waals surface area contributed by atoms with Gasteiger partial charge >= 0.3 is 12.2 Å². The lowest BCUT2D eigenvalue weighted by atomic mass is 10.2. The number of aldehydes is 1. The van der Waals surface area contributed by atoms with E-state index in [0.29, 0.717) is 18.1 Å². The van der Waals surface area contributed by atoms with E-state index in [-0.39, 0.29) is 22.2 Å². The SMILES string of the molecule is COC(C)c1c(N(C(=O)NOCC=O)c2cncc(C(F)(F)F)c2)cnc2cc(Cl)nn12. The van der Waals surface area contributed by atoms with Crippen LogP contribution in [0, 0.1) is 0 Å². The largest absolute Gasteiger partial charge is 0.417 e. The number of aromatic nitrogens is 4. The van der Waals surface area contributed by atoms with Crippen molar-refractivity contribution in [1.82, 2.24) is 25.1 Å². The summed E-state index contributed by atoms with van der Waals surface area (Å²) in [5, 5.41) is 4.22. The molecule has 0 aliphatic rings. The minimum Gasteiger partial charge on any atom is -0.375 e. The molecular formula is C18H16ClF3N6O4. The summed E-state index contributed by atoms with van der Waals surface area (Å²) in [7, 11) is 1.40. The molecule has 0 aromatic carbocycles. The van der Waals surface area contributed by atoms with E-state index < -0.39 is 30.5 Å². The monoisotopic (exact) mass is 472 g/mol. The number of nitrogens with zero attached hydrogens (tertiary/aromatic N) is 5. The molecule has 1 unspecified atom stereocenters. The van der Waals surface area contributed by atoms with Gasteiger partial charge in [0.15, 0.2) is 10.8 Å². The zero-order valence-corrected chi connectivity index (χ0v) is 17.4. The number of amides is 2. The second kappa shape index (κ2) is 9.46. The first kappa shape index (κ1) is 23.4. The molecule has 2 amide bonds. The summed E-state index contributed by atoms with van der Waals surface area (Å²) in [5.41, 5.74) is 1.25. The van der Waals surface area contributed by atoms with Gasteiger partial charge in [0.25, 0.3) is 0 Å². The minimum atomic E-state index is -4.71. The van der Waals surface area contributed by atoms with Crippen molar-refractivity contribution in [1.29, 1.82) is 0 Å². The molecule has 0 aliphatic heterocycles. The van der Waals surface area contributed by atoms with Crippen molar-refractivity contribution in [2.24, 2.45) is 0 Å². The molecule has 3 aromatic heterocycles. The summed E-state index contributed by atoms with van der Waals surface area (Å²) >= 11 is 5.98. The average molecular weight is 473 g/mol. The number of nitrogens with one attached hydrogen (secondary N) is 1. The molecule has 0 radical (unpaired) electrons. The van der Waals surface area contributed by atoms with Crippen LogP contribution >= 0.6 is 11.6 Å². The highest BCUT2D eigenvalue weighted by Gasteiger charge is 2.33. The van der Waals surface area contributed by atoms with Crippen molar-refractivity contribution in [3.05, 3.63) is 47.1 Å². The number of hydrogen-bond acceptors (Lipinski definition) is 7. The Morgan fingerprint density at radius 1 is 1.34 bits per heavy atom. The van der Waals surface area contributed by atoms with Crippen LogP contribution in [-0.4, -0.2) is 45.6 Å². The lowest BCUT2D eigenvalue weighted by molar-refractivity contribution is -0.137. The minimum absolute atomic E-state index is 0.0138. The van der Waals surface area contributed by atoms with E-state index in [4.69, 9.17) is 21.2 Å². The molecule has 0 fully saturated rings. The molecule has 0 saturated heterocycles. The van der Waals surface area contributed by atoms with Gasteiger partial charge in [-0.15, -0.1) is 0 Å². The Balaban J connectivity index is 2.23. The van der Waals surface area contributed by atoms with Crippen molar-refractivity contribution >= 4 is 40.9 Å². The third-order valence-corrected chi connectivity index (χ3v) is 4.46. The van der Waals surface area contributed by atoms with Gasteiger partial charge in [0.2, 0.25) is 0 Å². The second-order valence-corrected chi connectivity index (χ2v) is 6.68. The number of carbonyl (C=O) groups excluding carboxylic acids is 2. The number of halogens is 4. The lowest BCUT2D eigenvalue weighted by Crippen LogP contribution is -2.38. The Morgan fingerprint density at radius 2 is 2.09 bits per heavy atom. The first-order chi connectivity index (χ1) is 15.2. The Bertz CT molecular complexity index is 1140. The molecule has 0 spiro atoms. The third-order valence-electron chi connectivity index (χ3n) is 4.27. The fraction of sp³-hybridized carbons (Fsp3) is 0.278. The van der Waals surface area contributed by atoms with E-state index in [2.05, 4.69) is 15.1 Å². The van der Waals surface area contributed by atoms with Gasteiger partial charge in [-0.25, -0.2) is 19.8 Å². The van der Waals surface area contributed by atoms with Gasteiger partial charge in [0, 0.05) is 19.4 Å². The molecule has 1 atom stereocenters. The molecule has 3 aromatic rings. The van der Waals surface area contributed by atoms with Gasteiger partial charge in [-0.2, -0.15) is 18.3 Å². The molecule has 32 heavy (non-hydrogen) atoms. The number of pyridine rings is 1. The molecular weight excluding hydrogens is 457 g/mol. The van der Waals surface area contributed by atoms with Crippen molar-refractivity contribution < 1.29 is 32.3 Å². The number of anilines is 2. The fourth-order valence-corrected chi connectivity index (χ4v) is 3.01. The normalized spacial score (nSPS) is 12.6. The van der Waals surface area contributed by atoms with Crippen LogP contribution in [0.4, 0.5) is 29.3 Å². The quantitative estimate of drug-likeness (QED) is 0.318. The predicted molar refractivity (Wildman–Crippen MR) is 105 cm³/mol. The van der Waals surface area contributed by atoms with Crippen LogP contribution in [0.1, 0.15) is 24.3 Å². The van der Waals surface area contributed by atoms with Gasteiger partial charge in [-0.05, 0) is 13.0 Å². The van der Waals surface area contributed by atoms with Crippen LogP contribution in [-0.2, 0) is 20.5 Å². The smallest absolute Gasteiger partial charge is 0.375 e. The predicted octanol–water partition coefficient (Wildman–Crippen LogP) is 3.48. The van der Waals surface area contributed by atoms with Crippen LogP contribution in [0.25, 0.3) is 5.65 Å². The summed E-state index contributed by atoms with van der Waals surface area (Å²) in [6.45, 7) is 1.16.